The third-order valence-corrected chi connectivity index (χ3v) is 11.8. The number of aliphatic hydroxyl groups is 1. The maximum absolute atomic E-state index is 12.4. The van der Waals surface area contributed by atoms with Gasteiger partial charge in [-0.2, -0.15) is 0 Å². The molecule has 2 fully saturated rings. The standard InChI is InChI=1S/C29H39N3O2.C18H21N3O4.CH2O2/c1-31(17-8-3-9-21-33)28(34)14-18-32-19-15-29(16-20-32)22-25(23-29)30-27-13-7-6-12-26(27)24-10-4-2-5-11-24;1-19-12-4-2-11(3-5-12)8-20-9-15(23)13-6-7-14(22)17-18(13)25-10-16(24)21-17;2-1-3/h2,4-7,10-13,21,25,30H,3,8-9,14-20,22-23H2,1H3;2-7,15,19-20,22-23H,8-10H2,1H3,(H,21,24);1H,(H,2,3). The molecule has 0 aromatic heterocycles. The molecule has 2 amide bonds. The number of ether oxygens (including phenoxy) is 1. The number of nitrogens with one attached hydrogen (secondary N) is 4. The van der Waals surface area contributed by atoms with Gasteiger partial charge in [-0.15, -0.1) is 0 Å². The lowest BCUT2D eigenvalue weighted by Crippen LogP contribution is -2.51. The number of carbonyl (C=O) groups excluding carboxylic acids is 3. The number of rotatable bonds is 17. The van der Waals surface area contributed by atoms with Gasteiger partial charge < -0.3 is 55.9 Å². The molecule has 1 atom stereocenters. The molecule has 332 valence electrons. The molecule has 7 rings (SSSR count). The third-order valence-electron chi connectivity index (χ3n) is 11.8. The lowest BCUT2D eigenvalue weighted by molar-refractivity contribution is -0.130. The summed E-state index contributed by atoms with van der Waals surface area (Å²) < 4.78 is 5.39. The van der Waals surface area contributed by atoms with Gasteiger partial charge in [0.15, 0.2) is 12.4 Å². The Hall–Kier alpha value is -5.96. The molecule has 4 aromatic rings. The van der Waals surface area contributed by atoms with Crippen molar-refractivity contribution in [2.45, 2.75) is 70.1 Å². The molecule has 1 spiro atoms. The molecule has 3 aliphatic rings. The van der Waals surface area contributed by atoms with Crippen LogP contribution in [0, 0.1) is 5.41 Å². The Labute approximate surface area is 364 Å². The summed E-state index contributed by atoms with van der Waals surface area (Å²) in [5.74, 6) is 0.109. The van der Waals surface area contributed by atoms with Crippen molar-refractivity contribution in [2.24, 2.45) is 5.41 Å². The average molecular weight is 851 g/mol. The first-order valence-corrected chi connectivity index (χ1v) is 21.4. The van der Waals surface area contributed by atoms with Crippen LogP contribution in [0.3, 0.4) is 0 Å². The van der Waals surface area contributed by atoms with E-state index in [1.54, 1.807) is 6.07 Å². The van der Waals surface area contributed by atoms with Crippen LogP contribution in [-0.4, -0.2) is 109 Å². The zero-order chi connectivity index (χ0) is 44.3. The van der Waals surface area contributed by atoms with Gasteiger partial charge in [0.1, 0.15) is 17.7 Å². The molecule has 14 nitrogen and oxygen atoms in total. The molecule has 1 unspecified atom stereocenters. The van der Waals surface area contributed by atoms with Gasteiger partial charge in [0.25, 0.3) is 12.4 Å². The van der Waals surface area contributed by atoms with Crippen LogP contribution in [-0.2, 0) is 25.7 Å². The highest BCUT2D eigenvalue weighted by Gasteiger charge is 2.45. The van der Waals surface area contributed by atoms with Crippen LogP contribution in [0.4, 0.5) is 17.1 Å². The second-order valence-electron chi connectivity index (χ2n) is 16.1. The van der Waals surface area contributed by atoms with E-state index in [-0.39, 0.29) is 36.3 Å². The summed E-state index contributed by atoms with van der Waals surface area (Å²) in [6, 6.07) is 30.8. The minimum Gasteiger partial charge on any atom is -0.506 e. The van der Waals surface area contributed by atoms with Gasteiger partial charge in [-0.05, 0) is 98.5 Å². The number of para-hydroxylation sites is 1. The van der Waals surface area contributed by atoms with Crippen molar-refractivity contribution in [2.75, 3.05) is 69.4 Å². The Balaban J connectivity index is 0.000000229. The number of hydrogen-bond acceptors (Lipinski definition) is 11. The quantitative estimate of drug-likeness (QED) is 0.0347. The number of nitrogens with zero attached hydrogens (tertiary/aromatic N) is 2. The summed E-state index contributed by atoms with van der Waals surface area (Å²) in [5, 5.41) is 39.8. The van der Waals surface area contributed by atoms with E-state index in [2.05, 4.69) is 80.8 Å². The van der Waals surface area contributed by atoms with Crippen molar-refractivity contribution in [3.63, 3.8) is 0 Å². The predicted molar refractivity (Wildman–Crippen MR) is 242 cm³/mol. The number of hydrogen-bond donors (Lipinski definition) is 7. The first-order valence-electron chi connectivity index (χ1n) is 21.4. The first-order chi connectivity index (χ1) is 30.1. The number of aldehydes is 1. The van der Waals surface area contributed by atoms with E-state index in [0.717, 1.165) is 56.6 Å². The smallest absolute Gasteiger partial charge is 0.290 e. The van der Waals surface area contributed by atoms with Crippen molar-refractivity contribution in [3.05, 3.63) is 102 Å². The Kier molecular flexibility index (Phi) is 18.1. The number of aromatic hydroxyl groups is 1. The fraction of sp³-hybridized carbons (Fsp3) is 0.417. The summed E-state index contributed by atoms with van der Waals surface area (Å²) in [6.07, 6.45) is 8.03. The van der Waals surface area contributed by atoms with Crippen molar-refractivity contribution >= 4 is 41.6 Å². The molecule has 2 heterocycles. The molecular formula is C48H62N6O8. The van der Waals surface area contributed by atoms with Crippen LogP contribution in [0.2, 0.25) is 0 Å². The maximum atomic E-state index is 12.4. The summed E-state index contributed by atoms with van der Waals surface area (Å²) in [6.45, 7) is 4.34. The van der Waals surface area contributed by atoms with Crippen LogP contribution in [0.5, 0.6) is 11.5 Å². The highest BCUT2D eigenvalue weighted by atomic mass is 16.5. The molecule has 0 radical (unpaired) electrons. The molecule has 14 heteroatoms. The zero-order valence-electron chi connectivity index (χ0n) is 35.9. The molecule has 2 aliphatic heterocycles. The van der Waals surface area contributed by atoms with Crippen molar-refractivity contribution in [1.82, 2.24) is 15.1 Å². The summed E-state index contributed by atoms with van der Waals surface area (Å²) in [5.41, 5.74) is 7.11. The number of likely N-dealkylation sites (tertiary alicyclic amines) is 1. The van der Waals surface area contributed by atoms with Gasteiger partial charge in [0.2, 0.25) is 5.91 Å². The Morgan fingerprint density at radius 2 is 1.68 bits per heavy atom. The number of phenols is 1. The van der Waals surface area contributed by atoms with E-state index in [0.29, 0.717) is 48.7 Å². The second kappa shape index (κ2) is 23.9. The largest absolute Gasteiger partial charge is 0.506 e. The number of benzene rings is 4. The van der Waals surface area contributed by atoms with Crippen LogP contribution in [0.15, 0.2) is 91.0 Å². The number of fused-ring (bicyclic) bond motifs is 1. The number of amides is 2. The van der Waals surface area contributed by atoms with E-state index in [4.69, 9.17) is 14.6 Å². The fourth-order valence-electron chi connectivity index (χ4n) is 8.28. The number of carbonyl (C=O) groups is 4. The SMILES string of the molecule is CN(CCCCC=O)C(=O)CCN1CCC2(CC1)CC(Nc1ccccc1-c1ccccc1)C2.CNc1ccc(CNCC(O)c2ccc(O)c3c2OCC(=O)N3)cc1.O=CO. The lowest BCUT2D eigenvalue weighted by Gasteiger charge is -2.52. The summed E-state index contributed by atoms with van der Waals surface area (Å²) in [7, 11) is 3.75. The van der Waals surface area contributed by atoms with E-state index in [1.807, 2.05) is 43.3 Å². The number of unbranched alkanes of at least 4 members (excludes halogenated alkanes) is 2. The number of phenolic OH excluding ortho intramolecular Hbond substituents is 1. The van der Waals surface area contributed by atoms with Crippen molar-refractivity contribution in [3.8, 4) is 22.6 Å². The van der Waals surface area contributed by atoms with E-state index in [1.165, 1.54) is 48.6 Å². The van der Waals surface area contributed by atoms with Crippen LogP contribution < -0.4 is 26.0 Å². The summed E-state index contributed by atoms with van der Waals surface area (Å²) >= 11 is 0. The first kappa shape index (κ1) is 47.1. The molecule has 62 heavy (non-hydrogen) atoms. The van der Waals surface area contributed by atoms with Gasteiger partial charge in [-0.3, -0.25) is 14.4 Å². The monoisotopic (exact) mass is 850 g/mol. The third kappa shape index (κ3) is 13.5. The number of piperidine rings is 1. The average Bonchev–Trinajstić information content (AvgIpc) is 3.28. The minimum atomic E-state index is -0.832. The van der Waals surface area contributed by atoms with Gasteiger partial charge in [0.05, 0.1) is 6.10 Å². The normalized spacial score (nSPS) is 15.7. The fourth-order valence-corrected chi connectivity index (χ4v) is 8.28. The van der Waals surface area contributed by atoms with E-state index in [9.17, 15) is 24.6 Å². The highest BCUT2D eigenvalue weighted by Crippen LogP contribution is 2.50. The molecule has 1 aliphatic carbocycles. The molecule has 0 bridgehead atoms. The van der Waals surface area contributed by atoms with Gasteiger partial charge >= 0.3 is 0 Å². The Bertz CT molecular complexity index is 2030. The summed E-state index contributed by atoms with van der Waals surface area (Å²) in [4.78, 5) is 46.9. The van der Waals surface area contributed by atoms with Gasteiger partial charge in [-0.25, -0.2) is 0 Å². The van der Waals surface area contributed by atoms with Crippen molar-refractivity contribution in [1.29, 1.82) is 0 Å². The van der Waals surface area contributed by atoms with Gasteiger partial charge in [-0.1, -0.05) is 60.7 Å². The van der Waals surface area contributed by atoms with Crippen LogP contribution >= 0.6 is 0 Å². The second-order valence-corrected chi connectivity index (χ2v) is 16.1. The molecular weight excluding hydrogens is 789 g/mol. The number of aliphatic hydroxyl groups excluding tert-OH is 1. The molecule has 7 N–H and O–H groups in total. The molecule has 4 aromatic carbocycles. The Morgan fingerprint density at radius 3 is 2.37 bits per heavy atom. The van der Waals surface area contributed by atoms with Crippen LogP contribution in [0.1, 0.15) is 68.6 Å². The highest BCUT2D eigenvalue weighted by molar-refractivity contribution is 5.97. The number of anilines is 3. The Morgan fingerprint density at radius 1 is 0.984 bits per heavy atom. The van der Waals surface area contributed by atoms with E-state index < -0.39 is 6.10 Å². The van der Waals surface area contributed by atoms with Crippen LogP contribution in [0.25, 0.3) is 11.1 Å². The van der Waals surface area contributed by atoms with E-state index >= 15 is 0 Å². The molecule has 1 saturated carbocycles. The van der Waals surface area contributed by atoms with Crippen molar-refractivity contribution < 1.29 is 39.2 Å². The topological polar surface area (TPSA) is 193 Å². The zero-order valence-corrected chi connectivity index (χ0v) is 35.9. The number of carboxylic acid groups (broad SMARTS) is 1. The molecule has 1 saturated heterocycles. The minimum absolute atomic E-state index is 0.0865. The maximum Gasteiger partial charge on any atom is 0.290 e. The predicted octanol–water partition coefficient (Wildman–Crippen LogP) is 6.52. The van der Waals surface area contributed by atoms with Gasteiger partial charge in [0, 0.05) is 81.7 Å². The lowest BCUT2D eigenvalue weighted by atomic mass is 9.60.